The highest BCUT2D eigenvalue weighted by atomic mass is 35.5. The number of rotatable bonds is 6. The van der Waals surface area contributed by atoms with Crippen molar-refractivity contribution in [2.75, 3.05) is 11.9 Å². The summed E-state index contributed by atoms with van der Waals surface area (Å²) in [6.07, 6.45) is 1.73. The van der Waals surface area contributed by atoms with Crippen molar-refractivity contribution in [2.24, 2.45) is 5.41 Å². The fourth-order valence-corrected chi connectivity index (χ4v) is 2.87. The standard InChI is InChI=1S/C20H18ClN3O2/c21-16-6-4-14(5-7-16)8-11-23-18(25)20(9-10-20)19(26)24-17-3-1-2-15(12-17)13-22/h1-7,12H,8-11H2,(H,23,25)(H,24,26). The van der Waals surface area contributed by atoms with Crippen LogP contribution in [0.25, 0.3) is 0 Å². The lowest BCUT2D eigenvalue weighted by atomic mass is 10.0. The normalized spacial score (nSPS) is 14.2. The molecule has 0 aromatic heterocycles. The quantitative estimate of drug-likeness (QED) is 0.768. The molecule has 0 unspecified atom stereocenters. The van der Waals surface area contributed by atoms with Gasteiger partial charge in [-0.2, -0.15) is 5.26 Å². The zero-order chi connectivity index (χ0) is 18.6. The number of anilines is 1. The monoisotopic (exact) mass is 367 g/mol. The number of hydrogen-bond acceptors (Lipinski definition) is 3. The van der Waals surface area contributed by atoms with Gasteiger partial charge in [0.05, 0.1) is 11.6 Å². The maximum Gasteiger partial charge on any atom is 0.240 e. The van der Waals surface area contributed by atoms with Crippen LogP contribution in [-0.2, 0) is 16.0 Å². The maximum atomic E-state index is 12.5. The van der Waals surface area contributed by atoms with E-state index in [1.807, 2.05) is 30.3 Å². The smallest absolute Gasteiger partial charge is 0.240 e. The van der Waals surface area contributed by atoms with Crippen LogP contribution in [0, 0.1) is 16.7 Å². The van der Waals surface area contributed by atoms with E-state index in [4.69, 9.17) is 16.9 Å². The second-order valence-electron chi connectivity index (χ2n) is 6.36. The van der Waals surface area contributed by atoms with Gasteiger partial charge in [-0.1, -0.05) is 29.8 Å². The van der Waals surface area contributed by atoms with Crippen molar-refractivity contribution in [1.82, 2.24) is 5.32 Å². The molecule has 0 heterocycles. The van der Waals surface area contributed by atoms with E-state index in [2.05, 4.69) is 10.6 Å². The summed E-state index contributed by atoms with van der Waals surface area (Å²) in [6.45, 7) is 0.458. The highest BCUT2D eigenvalue weighted by Crippen LogP contribution is 2.46. The third kappa shape index (κ3) is 4.04. The molecule has 132 valence electrons. The lowest BCUT2D eigenvalue weighted by Crippen LogP contribution is -2.40. The second-order valence-corrected chi connectivity index (χ2v) is 6.80. The minimum absolute atomic E-state index is 0.250. The Morgan fingerprint density at radius 3 is 2.50 bits per heavy atom. The van der Waals surface area contributed by atoms with Gasteiger partial charge < -0.3 is 10.6 Å². The minimum Gasteiger partial charge on any atom is -0.355 e. The molecule has 2 aromatic carbocycles. The van der Waals surface area contributed by atoms with E-state index in [1.165, 1.54) is 0 Å². The summed E-state index contributed by atoms with van der Waals surface area (Å²) in [4.78, 5) is 25.0. The van der Waals surface area contributed by atoms with Gasteiger partial charge in [0, 0.05) is 17.3 Å². The first-order valence-electron chi connectivity index (χ1n) is 8.38. The molecule has 0 aliphatic heterocycles. The Balaban J connectivity index is 1.55. The lowest BCUT2D eigenvalue weighted by Gasteiger charge is -2.15. The van der Waals surface area contributed by atoms with Crippen LogP contribution < -0.4 is 10.6 Å². The first kappa shape index (κ1) is 18.0. The molecular weight excluding hydrogens is 350 g/mol. The number of halogens is 1. The molecule has 1 aliphatic rings. The molecule has 2 N–H and O–H groups in total. The van der Waals surface area contributed by atoms with Gasteiger partial charge in [-0.3, -0.25) is 9.59 Å². The van der Waals surface area contributed by atoms with Gasteiger partial charge in [-0.25, -0.2) is 0 Å². The van der Waals surface area contributed by atoms with Gasteiger partial charge in [0.25, 0.3) is 0 Å². The van der Waals surface area contributed by atoms with Crippen LogP contribution in [-0.4, -0.2) is 18.4 Å². The van der Waals surface area contributed by atoms with Gasteiger partial charge in [0.1, 0.15) is 5.41 Å². The molecule has 0 radical (unpaired) electrons. The predicted molar refractivity (Wildman–Crippen MR) is 99.6 cm³/mol. The summed E-state index contributed by atoms with van der Waals surface area (Å²) in [7, 11) is 0. The van der Waals surface area contributed by atoms with Crippen LogP contribution in [0.1, 0.15) is 24.0 Å². The average Bonchev–Trinajstić information content (AvgIpc) is 3.45. The van der Waals surface area contributed by atoms with Crippen LogP contribution in [0.15, 0.2) is 48.5 Å². The molecule has 1 saturated carbocycles. The Hall–Kier alpha value is -2.84. The summed E-state index contributed by atoms with van der Waals surface area (Å²) in [5.74, 6) is -0.572. The van der Waals surface area contributed by atoms with E-state index in [1.54, 1.807) is 24.3 Å². The Morgan fingerprint density at radius 1 is 1.12 bits per heavy atom. The Labute approximate surface area is 157 Å². The lowest BCUT2D eigenvalue weighted by molar-refractivity contribution is -0.134. The average molecular weight is 368 g/mol. The van der Waals surface area contributed by atoms with Crippen LogP contribution in [0.5, 0.6) is 0 Å². The molecule has 5 nitrogen and oxygen atoms in total. The van der Waals surface area contributed by atoms with Crippen molar-refractivity contribution in [3.05, 3.63) is 64.7 Å². The number of amides is 2. The van der Waals surface area contributed by atoms with E-state index in [0.717, 1.165) is 5.56 Å². The summed E-state index contributed by atoms with van der Waals surface area (Å²) in [5.41, 5.74) is 1.05. The zero-order valence-electron chi connectivity index (χ0n) is 14.1. The Bertz CT molecular complexity index is 867. The fraction of sp³-hybridized carbons (Fsp3) is 0.250. The Morgan fingerprint density at radius 2 is 1.85 bits per heavy atom. The van der Waals surface area contributed by atoms with Crippen molar-refractivity contribution in [2.45, 2.75) is 19.3 Å². The van der Waals surface area contributed by atoms with Crippen LogP contribution in [0.2, 0.25) is 5.02 Å². The molecule has 2 amide bonds. The molecule has 0 bridgehead atoms. The number of carbonyl (C=O) groups excluding carboxylic acids is 2. The summed E-state index contributed by atoms with van der Waals surface area (Å²) in [6, 6.07) is 16.1. The van der Waals surface area contributed by atoms with Crippen LogP contribution in [0.3, 0.4) is 0 Å². The molecule has 0 spiro atoms. The van der Waals surface area contributed by atoms with Crippen molar-refractivity contribution in [3.8, 4) is 6.07 Å². The van der Waals surface area contributed by atoms with Gasteiger partial charge in [0.2, 0.25) is 11.8 Å². The third-order valence-corrected chi connectivity index (χ3v) is 4.73. The number of benzene rings is 2. The predicted octanol–water partition coefficient (Wildman–Crippen LogP) is 3.29. The molecule has 0 saturated heterocycles. The first-order valence-corrected chi connectivity index (χ1v) is 8.76. The largest absolute Gasteiger partial charge is 0.355 e. The van der Waals surface area contributed by atoms with Crippen molar-refractivity contribution in [1.29, 1.82) is 5.26 Å². The zero-order valence-corrected chi connectivity index (χ0v) is 14.8. The number of hydrogen-bond donors (Lipinski definition) is 2. The van der Waals surface area contributed by atoms with E-state index in [-0.39, 0.29) is 11.8 Å². The molecule has 1 aliphatic carbocycles. The fourth-order valence-electron chi connectivity index (χ4n) is 2.74. The van der Waals surface area contributed by atoms with E-state index in [9.17, 15) is 9.59 Å². The van der Waals surface area contributed by atoms with Crippen molar-refractivity contribution >= 4 is 29.1 Å². The van der Waals surface area contributed by atoms with Gasteiger partial charge in [-0.05, 0) is 55.2 Å². The maximum absolute atomic E-state index is 12.5. The van der Waals surface area contributed by atoms with Gasteiger partial charge in [-0.15, -0.1) is 0 Å². The van der Waals surface area contributed by atoms with Crippen LogP contribution >= 0.6 is 11.6 Å². The van der Waals surface area contributed by atoms with Crippen molar-refractivity contribution < 1.29 is 9.59 Å². The van der Waals surface area contributed by atoms with E-state index < -0.39 is 5.41 Å². The molecule has 26 heavy (non-hydrogen) atoms. The molecule has 6 heteroatoms. The molecule has 1 fully saturated rings. The highest BCUT2D eigenvalue weighted by molar-refractivity contribution is 6.30. The number of nitrogens with zero attached hydrogens (tertiary/aromatic N) is 1. The molecule has 0 atom stereocenters. The number of carbonyl (C=O) groups is 2. The Kier molecular flexibility index (Phi) is 5.24. The summed E-state index contributed by atoms with van der Waals surface area (Å²) < 4.78 is 0. The summed E-state index contributed by atoms with van der Waals surface area (Å²) in [5, 5.41) is 15.2. The summed E-state index contributed by atoms with van der Waals surface area (Å²) >= 11 is 5.85. The van der Waals surface area contributed by atoms with E-state index in [0.29, 0.717) is 42.1 Å². The highest BCUT2D eigenvalue weighted by Gasteiger charge is 2.56. The number of nitriles is 1. The molecule has 2 aromatic rings. The first-order chi connectivity index (χ1) is 12.5. The molecular formula is C20H18ClN3O2. The van der Waals surface area contributed by atoms with E-state index >= 15 is 0 Å². The third-order valence-electron chi connectivity index (χ3n) is 4.48. The second kappa shape index (κ2) is 7.59. The number of nitrogens with one attached hydrogen (secondary N) is 2. The minimum atomic E-state index is -0.997. The van der Waals surface area contributed by atoms with Crippen molar-refractivity contribution in [3.63, 3.8) is 0 Å². The van der Waals surface area contributed by atoms with Gasteiger partial charge in [0.15, 0.2) is 0 Å². The molecule has 3 rings (SSSR count). The SMILES string of the molecule is N#Cc1cccc(NC(=O)C2(C(=O)NCCc3ccc(Cl)cc3)CC2)c1. The van der Waals surface area contributed by atoms with Gasteiger partial charge >= 0.3 is 0 Å². The topological polar surface area (TPSA) is 82.0 Å². The van der Waals surface area contributed by atoms with Crippen LogP contribution in [0.4, 0.5) is 5.69 Å².